The molecule has 0 saturated carbocycles. The molecule has 0 unspecified atom stereocenters. The summed E-state index contributed by atoms with van der Waals surface area (Å²) in [4.78, 5) is 12.8. The van der Waals surface area contributed by atoms with E-state index in [9.17, 15) is 0 Å². The van der Waals surface area contributed by atoms with E-state index in [2.05, 4.69) is 19.9 Å². The van der Waals surface area contributed by atoms with Crippen LogP contribution < -0.4 is 0 Å². The second-order valence-corrected chi connectivity index (χ2v) is 2.11. The Balaban J connectivity index is 0.000000162. The minimum absolute atomic E-state index is 0.0440. The molecule has 2 rings (SSSR count). The number of aromatic nitrogens is 4. The summed E-state index contributed by atoms with van der Waals surface area (Å²) in [6.45, 7) is -0.177. The van der Waals surface area contributed by atoms with Crippen LogP contribution in [0.5, 0.6) is 0 Å². The normalized spacial score (nSPS) is 13.6. The SMILES string of the molecule is Cc1ncc[nH]1.[2H]C([2H])([2H])c1ncc[nH]1. The molecule has 0 amide bonds. The van der Waals surface area contributed by atoms with Gasteiger partial charge in [0.25, 0.3) is 0 Å². The Morgan fingerprint density at radius 2 is 1.75 bits per heavy atom. The van der Waals surface area contributed by atoms with Crippen molar-refractivity contribution >= 4 is 0 Å². The summed E-state index contributed by atoms with van der Waals surface area (Å²) in [5, 5.41) is 0. The van der Waals surface area contributed by atoms with Crippen molar-refractivity contribution in [3.05, 3.63) is 36.4 Å². The molecule has 2 heterocycles. The van der Waals surface area contributed by atoms with Crippen LogP contribution in [-0.4, -0.2) is 19.9 Å². The van der Waals surface area contributed by atoms with Crippen LogP contribution in [0.3, 0.4) is 0 Å². The van der Waals surface area contributed by atoms with E-state index in [1.807, 2.05) is 6.92 Å². The Hall–Kier alpha value is -1.58. The Kier molecular flexibility index (Phi) is 1.85. The Bertz CT molecular complexity index is 363. The molecule has 12 heavy (non-hydrogen) atoms. The van der Waals surface area contributed by atoms with Gasteiger partial charge in [-0.25, -0.2) is 9.97 Å². The smallest absolute Gasteiger partial charge is 0.102 e. The zero-order valence-electron chi connectivity index (χ0n) is 9.70. The summed E-state index contributed by atoms with van der Waals surface area (Å²) in [6.07, 6.45) is 6.44. The fourth-order valence-electron chi connectivity index (χ4n) is 0.609. The summed E-state index contributed by atoms with van der Waals surface area (Å²) >= 11 is 0. The average Bonchev–Trinajstić information content (AvgIpc) is 2.73. The van der Waals surface area contributed by atoms with Crippen molar-refractivity contribution in [3.8, 4) is 0 Å². The molecule has 0 radical (unpaired) electrons. The summed E-state index contributed by atoms with van der Waals surface area (Å²) in [5.41, 5.74) is 0. The van der Waals surface area contributed by atoms with Gasteiger partial charge in [0.2, 0.25) is 0 Å². The molecule has 0 bridgehead atoms. The van der Waals surface area contributed by atoms with Gasteiger partial charge in [-0.05, 0) is 13.8 Å². The highest BCUT2D eigenvalue weighted by Crippen LogP contribution is 1.79. The molecule has 0 atom stereocenters. The number of nitrogens with one attached hydrogen (secondary N) is 2. The summed E-state index contributed by atoms with van der Waals surface area (Å²) < 4.78 is 20.5. The minimum Gasteiger partial charge on any atom is -0.349 e. The second-order valence-electron chi connectivity index (χ2n) is 2.11. The molecule has 0 saturated heterocycles. The number of aromatic amines is 2. The largest absolute Gasteiger partial charge is 0.349 e. The first-order valence-corrected chi connectivity index (χ1v) is 3.46. The topological polar surface area (TPSA) is 57.4 Å². The van der Waals surface area contributed by atoms with Gasteiger partial charge >= 0.3 is 0 Å². The lowest BCUT2D eigenvalue weighted by Crippen LogP contribution is -1.66. The average molecular weight is 167 g/mol. The monoisotopic (exact) mass is 167 g/mol. The lowest BCUT2D eigenvalue weighted by Gasteiger charge is -1.68. The first kappa shape index (κ1) is 5.13. The molecule has 0 aromatic carbocycles. The van der Waals surface area contributed by atoms with Crippen molar-refractivity contribution in [1.29, 1.82) is 0 Å². The molecular weight excluding hydrogens is 152 g/mol. The van der Waals surface area contributed by atoms with Gasteiger partial charge in [-0.1, -0.05) is 0 Å². The zero-order valence-corrected chi connectivity index (χ0v) is 6.70. The molecule has 2 aromatic rings. The number of hydrogen-bond donors (Lipinski definition) is 2. The summed E-state index contributed by atoms with van der Waals surface area (Å²) in [7, 11) is 0. The molecule has 0 fully saturated rings. The predicted octanol–water partition coefficient (Wildman–Crippen LogP) is 1.44. The minimum atomic E-state index is -2.09. The predicted molar refractivity (Wildman–Crippen MR) is 46.6 cm³/mol. The molecule has 4 nitrogen and oxygen atoms in total. The summed E-state index contributed by atoms with van der Waals surface area (Å²) in [6, 6.07) is 0. The maximum absolute atomic E-state index is 6.83. The van der Waals surface area contributed by atoms with E-state index in [0.717, 1.165) is 5.82 Å². The number of aryl methyl sites for hydroxylation is 2. The number of rotatable bonds is 0. The van der Waals surface area contributed by atoms with Crippen molar-refractivity contribution in [2.45, 2.75) is 13.8 Å². The van der Waals surface area contributed by atoms with Crippen LogP contribution in [0.4, 0.5) is 0 Å². The van der Waals surface area contributed by atoms with Crippen molar-refractivity contribution in [2.24, 2.45) is 0 Å². The lowest BCUT2D eigenvalue weighted by molar-refractivity contribution is 1.15. The van der Waals surface area contributed by atoms with Crippen molar-refractivity contribution in [2.75, 3.05) is 0 Å². The van der Waals surface area contributed by atoms with Gasteiger partial charge < -0.3 is 9.97 Å². The molecule has 4 heteroatoms. The van der Waals surface area contributed by atoms with Crippen molar-refractivity contribution < 1.29 is 4.11 Å². The van der Waals surface area contributed by atoms with E-state index in [-0.39, 0.29) is 5.82 Å². The molecule has 2 aromatic heterocycles. The van der Waals surface area contributed by atoms with Crippen LogP contribution in [0.1, 0.15) is 15.8 Å². The van der Waals surface area contributed by atoms with Crippen LogP contribution in [0.15, 0.2) is 24.8 Å². The van der Waals surface area contributed by atoms with Gasteiger partial charge in [0.05, 0.1) is 0 Å². The first-order valence-electron chi connectivity index (χ1n) is 4.96. The van der Waals surface area contributed by atoms with E-state index in [1.165, 1.54) is 12.4 Å². The van der Waals surface area contributed by atoms with Gasteiger partial charge in [-0.2, -0.15) is 0 Å². The highest BCUT2D eigenvalue weighted by molar-refractivity contribution is 4.81. The molecular formula is C8H12N4. The van der Waals surface area contributed by atoms with Crippen molar-refractivity contribution in [1.82, 2.24) is 19.9 Å². The van der Waals surface area contributed by atoms with Gasteiger partial charge in [0.15, 0.2) is 0 Å². The third kappa shape index (κ3) is 3.01. The van der Waals surface area contributed by atoms with Crippen LogP contribution in [-0.2, 0) is 0 Å². The van der Waals surface area contributed by atoms with Gasteiger partial charge in [0.1, 0.15) is 11.6 Å². The maximum Gasteiger partial charge on any atom is 0.102 e. The maximum atomic E-state index is 6.83. The number of H-pyrrole nitrogens is 2. The van der Waals surface area contributed by atoms with Crippen LogP contribution in [0, 0.1) is 13.8 Å². The Morgan fingerprint density at radius 3 is 1.92 bits per heavy atom. The van der Waals surface area contributed by atoms with E-state index in [1.54, 1.807) is 12.4 Å². The molecule has 0 aliphatic carbocycles. The van der Waals surface area contributed by atoms with E-state index < -0.39 is 6.85 Å². The summed E-state index contributed by atoms with van der Waals surface area (Å²) in [5.74, 6) is 1.01. The van der Waals surface area contributed by atoms with E-state index in [0.29, 0.717) is 0 Å². The van der Waals surface area contributed by atoms with Crippen LogP contribution in [0.25, 0.3) is 0 Å². The standard InChI is InChI=1S/2C4H6N2/c2*1-4-5-2-3-6-4/h2*2-3H,1H3,(H,5,6)/i1D3;. The molecule has 0 aliphatic heterocycles. The second kappa shape index (κ2) is 4.33. The fraction of sp³-hybridized carbons (Fsp3) is 0.250. The first-order chi connectivity index (χ1) is 7.00. The number of nitrogens with zero attached hydrogens (tertiary/aromatic N) is 2. The highest BCUT2D eigenvalue weighted by Gasteiger charge is 1.74. The van der Waals surface area contributed by atoms with Gasteiger partial charge in [-0.15, -0.1) is 0 Å². The Labute approximate surface area is 75.3 Å². The third-order valence-electron chi connectivity index (χ3n) is 1.13. The van der Waals surface area contributed by atoms with Gasteiger partial charge in [0, 0.05) is 28.9 Å². The molecule has 2 N–H and O–H groups in total. The molecule has 0 aliphatic rings. The Morgan fingerprint density at radius 1 is 1.17 bits per heavy atom. The quantitative estimate of drug-likeness (QED) is 0.623. The van der Waals surface area contributed by atoms with Crippen LogP contribution in [0.2, 0.25) is 0 Å². The number of hydrogen-bond acceptors (Lipinski definition) is 2. The van der Waals surface area contributed by atoms with Gasteiger partial charge in [-0.3, -0.25) is 0 Å². The zero-order chi connectivity index (χ0) is 11.3. The van der Waals surface area contributed by atoms with Crippen molar-refractivity contribution in [3.63, 3.8) is 0 Å². The fourth-order valence-corrected chi connectivity index (χ4v) is 0.609. The number of imidazole rings is 2. The molecule has 64 valence electrons. The third-order valence-corrected chi connectivity index (χ3v) is 1.13. The highest BCUT2D eigenvalue weighted by atomic mass is 14.9. The lowest BCUT2D eigenvalue weighted by atomic mass is 10.8. The molecule has 0 spiro atoms. The van der Waals surface area contributed by atoms with E-state index in [4.69, 9.17) is 4.11 Å². The van der Waals surface area contributed by atoms with E-state index >= 15 is 0 Å². The van der Waals surface area contributed by atoms with Crippen LogP contribution >= 0.6 is 0 Å².